The van der Waals surface area contributed by atoms with Gasteiger partial charge in [0, 0.05) is 30.3 Å². The molecule has 3 heterocycles. The average Bonchev–Trinajstić information content (AvgIpc) is 3.12. The monoisotopic (exact) mass is 416 g/mol. The fourth-order valence-corrected chi connectivity index (χ4v) is 4.36. The van der Waals surface area contributed by atoms with E-state index in [0.29, 0.717) is 15.7 Å². The molecule has 2 aliphatic heterocycles. The number of nitrogens with zero attached hydrogens (tertiary/aromatic N) is 2. The summed E-state index contributed by atoms with van der Waals surface area (Å²) in [6.07, 6.45) is 6.50. The number of imide groups is 1. The van der Waals surface area contributed by atoms with E-state index in [0.717, 1.165) is 36.3 Å². The summed E-state index contributed by atoms with van der Waals surface area (Å²) in [7, 11) is 0. The first-order chi connectivity index (χ1) is 13.6. The molecule has 1 aromatic carbocycles. The maximum absolute atomic E-state index is 12.7. The molecule has 2 aliphatic rings. The molecule has 4 rings (SSSR count). The van der Waals surface area contributed by atoms with E-state index in [2.05, 4.69) is 4.90 Å². The molecular formula is C21H21ClN2O3S. The fraction of sp³-hybridized carbons (Fsp3) is 0.333. The van der Waals surface area contributed by atoms with Gasteiger partial charge in [0.05, 0.1) is 11.4 Å². The SMILES string of the molecule is O=C1S/C(=C/c2ccc(N3CCCCCC3)o2)C(=O)N1Cc1ccc(Cl)cc1. The quantitative estimate of drug-likeness (QED) is 0.611. The molecule has 28 heavy (non-hydrogen) atoms. The molecule has 0 bridgehead atoms. The van der Waals surface area contributed by atoms with Gasteiger partial charge >= 0.3 is 0 Å². The summed E-state index contributed by atoms with van der Waals surface area (Å²) in [6, 6.07) is 10.9. The molecular weight excluding hydrogens is 396 g/mol. The molecule has 2 amide bonds. The van der Waals surface area contributed by atoms with E-state index >= 15 is 0 Å². The third kappa shape index (κ3) is 4.28. The predicted molar refractivity (Wildman–Crippen MR) is 112 cm³/mol. The standard InChI is InChI=1S/C21H21ClN2O3S/c22-16-7-5-15(6-8-16)14-24-20(25)18(28-21(24)26)13-17-9-10-19(27-17)23-11-3-1-2-4-12-23/h5-10,13H,1-4,11-12,14H2/b18-13+. The number of carbonyl (C=O) groups excluding carboxylic acids is 2. The minimum Gasteiger partial charge on any atom is -0.441 e. The van der Waals surface area contributed by atoms with Crippen molar-refractivity contribution in [1.82, 2.24) is 4.90 Å². The molecule has 2 saturated heterocycles. The number of hydrogen-bond acceptors (Lipinski definition) is 5. The maximum atomic E-state index is 12.7. The van der Waals surface area contributed by atoms with Gasteiger partial charge in [-0.25, -0.2) is 0 Å². The molecule has 0 radical (unpaired) electrons. The summed E-state index contributed by atoms with van der Waals surface area (Å²) in [5.74, 6) is 1.13. The molecule has 2 fully saturated rings. The lowest BCUT2D eigenvalue weighted by Gasteiger charge is -2.18. The minimum atomic E-state index is -0.294. The smallest absolute Gasteiger partial charge is 0.293 e. The van der Waals surface area contributed by atoms with Crippen molar-refractivity contribution in [2.24, 2.45) is 0 Å². The molecule has 0 unspecified atom stereocenters. The second-order valence-electron chi connectivity index (χ2n) is 6.97. The van der Waals surface area contributed by atoms with Crippen LogP contribution >= 0.6 is 23.4 Å². The summed E-state index contributed by atoms with van der Waals surface area (Å²) >= 11 is 6.84. The Morgan fingerprint density at radius 3 is 2.43 bits per heavy atom. The zero-order valence-corrected chi connectivity index (χ0v) is 17.0. The molecule has 5 nitrogen and oxygen atoms in total. The van der Waals surface area contributed by atoms with Crippen LogP contribution in [0.3, 0.4) is 0 Å². The second kappa shape index (κ2) is 8.45. The van der Waals surface area contributed by atoms with Crippen LogP contribution in [0, 0.1) is 0 Å². The van der Waals surface area contributed by atoms with Gasteiger partial charge in [0.15, 0.2) is 5.88 Å². The van der Waals surface area contributed by atoms with Crippen LogP contribution in [0.15, 0.2) is 45.7 Å². The van der Waals surface area contributed by atoms with Gasteiger partial charge in [-0.15, -0.1) is 0 Å². The molecule has 0 atom stereocenters. The van der Waals surface area contributed by atoms with Gasteiger partial charge in [-0.05, 0) is 48.4 Å². The number of benzene rings is 1. The highest BCUT2D eigenvalue weighted by Gasteiger charge is 2.35. The molecule has 0 saturated carbocycles. The normalized spacial score (nSPS) is 19.5. The van der Waals surface area contributed by atoms with Crippen molar-refractivity contribution < 1.29 is 14.0 Å². The molecule has 2 aromatic rings. The third-order valence-electron chi connectivity index (χ3n) is 4.93. The van der Waals surface area contributed by atoms with Gasteiger partial charge in [-0.2, -0.15) is 0 Å². The lowest BCUT2D eigenvalue weighted by molar-refractivity contribution is -0.123. The Morgan fingerprint density at radius 2 is 1.71 bits per heavy atom. The van der Waals surface area contributed by atoms with Crippen LogP contribution in [0.5, 0.6) is 0 Å². The van der Waals surface area contributed by atoms with E-state index < -0.39 is 0 Å². The van der Waals surface area contributed by atoms with E-state index in [1.165, 1.54) is 30.6 Å². The molecule has 1 aromatic heterocycles. The Kier molecular flexibility index (Phi) is 5.78. The highest BCUT2D eigenvalue weighted by atomic mass is 35.5. The zero-order chi connectivity index (χ0) is 19.5. The van der Waals surface area contributed by atoms with Crippen LogP contribution in [0.4, 0.5) is 10.7 Å². The number of carbonyl (C=O) groups is 2. The highest BCUT2D eigenvalue weighted by molar-refractivity contribution is 8.18. The van der Waals surface area contributed by atoms with Crippen molar-refractivity contribution in [2.45, 2.75) is 32.2 Å². The van der Waals surface area contributed by atoms with Crippen LogP contribution in [0.2, 0.25) is 5.02 Å². The molecule has 7 heteroatoms. The maximum Gasteiger partial charge on any atom is 0.293 e. The minimum absolute atomic E-state index is 0.232. The number of thioether (sulfide) groups is 1. The number of halogens is 1. The first-order valence-electron chi connectivity index (χ1n) is 9.45. The lowest BCUT2D eigenvalue weighted by atomic mass is 10.2. The van der Waals surface area contributed by atoms with Crippen molar-refractivity contribution in [2.75, 3.05) is 18.0 Å². The summed E-state index contributed by atoms with van der Waals surface area (Å²) in [5.41, 5.74) is 0.856. The second-order valence-corrected chi connectivity index (χ2v) is 8.40. The first kappa shape index (κ1) is 19.2. The van der Waals surface area contributed by atoms with Crippen LogP contribution in [0.25, 0.3) is 6.08 Å². The van der Waals surface area contributed by atoms with E-state index in [1.54, 1.807) is 18.2 Å². The Balaban J connectivity index is 1.47. The zero-order valence-electron chi connectivity index (χ0n) is 15.4. The molecule has 0 N–H and O–H groups in total. The summed E-state index contributed by atoms with van der Waals surface area (Å²) in [5, 5.41) is 0.348. The van der Waals surface area contributed by atoms with Crippen molar-refractivity contribution >= 4 is 46.5 Å². The highest BCUT2D eigenvalue weighted by Crippen LogP contribution is 2.34. The van der Waals surface area contributed by atoms with Gasteiger partial charge < -0.3 is 9.32 Å². The van der Waals surface area contributed by atoms with E-state index in [9.17, 15) is 9.59 Å². The summed E-state index contributed by atoms with van der Waals surface area (Å²) in [6.45, 7) is 2.21. The van der Waals surface area contributed by atoms with Crippen molar-refractivity contribution in [3.63, 3.8) is 0 Å². The van der Waals surface area contributed by atoms with Crippen LogP contribution in [0.1, 0.15) is 37.0 Å². The van der Waals surface area contributed by atoms with E-state index in [4.69, 9.17) is 16.0 Å². The number of furan rings is 1. The summed E-state index contributed by atoms with van der Waals surface area (Å²) in [4.78, 5) is 28.9. The first-order valence-corrected chi connectivity index (χ1v) is 10.6. The van der Waals surface area contributed by atoms with Crippen LogP contribution in [-0.2, 0) is 11.3 Å². The van der Waals surface area contributed by atoms with Crippen LogP contribution < -0.4 is 4.90 Å². The van der Waals surface area contributed by atoms with Crippen molar-refractivity contribution in [3.05, 3.63) is 57.6 Å². The largest absolute Gasteiger partial charge is 0.441 e. The number of rotatable bonds is 4. The Bertz CT molecular complexity index is 899. The molecule has 0 spiro atoms. The molecule has 0 aliphatic carbocycles. The lowest BCUT2D eigenvalue weighted by Crippen LogP contribution is -2.27. The van der Waals surface area contributed by atoms with Crippen molar-refractivity contribution in [1.29, 1.82) is 0 Å². The van der Waals surface area contributed by atoms with E-state index in [-0.39, 0.29) is 17.7 Å². The third-order valence-corrected chi connectivity index (χ3v) is 6.09. The number of amides is 2. The van der Waals surface area contributed by atoms with E-state index in [1.807, 2.05) is 24.3 Å². The van der Waals surface area contributed by atoms with Gasteiger partial charge in [-0.1, -0.05) is 36.6 Å². The summed E-state index contributed by atoms with van der Waals surface area (Å²) < 4.78 is 5.93. The average molecular weight is 417 g/mol. The van der Waals surface area contributed by atoms with Gasteiger partial charge in [0.25, 0.3) is 11.1 Å². The molecule has 146 valence electrons. The topological polar surface area (TPSA) is 53.8 Å². The van der Waals surface area contributed by atoms with Crippen molar-refractivity contribution in [3.8, 4) is 0 Å². The number of anilines is 1. The predicted octanol–water partition coefficient (Wildman–Crippen LogP) is 5.55. The van der Waals surface area contributed by atoms with Gasteiger partial charge in [-0.3, -0.25) is 14.5 Å². The number of hydrogen-bond donors (Lipinski definition) is 0. The Hall–Kier alpha value is -2.18. The van der Waals surface area contributed by atoms with Gasteiger partial charge in [0.1, 0.15) is 5.76 Å². The van der Waals surface area contributed by atoms with Gasteiger partial charge in [0.2, 0.25) is 0 Å². The van der Waals surface area contributed by atoms with Crippen LogP contribution in [-0.4, -0.2) is 29.1 Å². The Labute approximate surface area is 173 Å². The fourth-order valence-electron chi connectivity index (χ4n) is 3.42. The Morgan fingerprint density at radius 1 is 1.00 bits per heavy atom.